The second-order valence-corrected chi connectivity index (χ2v) is 4.41. The van der Waals surface area contributed by atoms with Gasteiger partial charge in [0.15, 0.2) is 0 Å². The number of aromatic nitrogens is 1. The molecule has 0 aromatic carbocycles. The van der Waals surface area contributed by atoms with E-state index < -0.39 is 0 Å². The van der Waals surface area contributed by atoms with E-state index in [0.29, 0.717) is 0 Å². The first-order chi connectivity index (χ1) is 8.29. The molecule has 0 amide bonds. The molecule has 17 heavy (non-hydrogen) atoms. The van der Waals surface area contributed by atoms with E-state index in [4.69, 9.17) is 18.0 Å². The molecule has 0 spiro atoms. The number of pyridine rings is 1. The molecule has 1 unspecified atom stereocenters. The summed E-state index contributed by atoms with van der Waals surface area (Å²) in [6.07, 6.45) is 12.7. The molecule has 3 heteroatoms. The Bertz CT molecular complexity index is 371. The molecule has 0 saturated carbocycles. The van der Waals surface area contributed by atoms with E-state index in [1.807, 2.05) is 6.07 Å². The van der Waals surface area contributed by atoms with E-state index in [0.717, 1.165) is 42.8 Å². The van der Waals surface area contributed by atoms with E-state index in [1.54, 1.807) is 12.4 Å². The molecule has 92 valence electrons. The van der Waals surface area contributed by atoms with Gasteiger partial charge < -0.3 is 5.32 Å². The van der Waals surface area contributed by atoms with E-state index in [9.17, 15) is 0 Å². The van der Waals surface area contributed by atoms with Gasteiger partial charge in [-0.05, 0) is 37.4 Å². The molecule has 0 aliphatic carbocycles. The number of hydrogen-bond donors (Lipinski definition) is 1. The summed E-state index contributed by atoms with van der Waals surface area (Å²) in [5, 5.41) is 4.23. The largest absolute Gasteiger partial charge is 0.310 e. The second-order valence-electron chi connectivity index (χ2n) is 4.00. The zero-order valence-corrected chi connectivity index (χ0v) is 11.0. The van der Waals surface area contributed by atoms with Crippen LogP contribution < -0.4 is 5.32 Å². The molecule has 1 atom stereocenters. The Morgan fingerprint density at radius 2 is 2.41 bits per heavy atom. The van der Waals surface area contributed by atoms with Crippen molar-refractivity contribution in [3.05, 3.63) is 29.0 Å². The number of hydrogen-bond acceptors (Lipinski definition) is 2. The van der Waals surface area contributed by atoms with Crippen LogP contribution in [0.4, 0.5) is 0 Å². The fourth-order valence-electron chi connectivity index (χ4n) is 1.76. The maximum Gasteiger partial charge on any atom is 0.0637 e. The minimum absolute atomic E-state index is 0.277. The molecule has 0 radical (unpaired) electrons. The summed E-state index contributed by atoms with van der Waals surface area (Å²) in [7, 11) is 0. The normalized spacial score (nSPS) is 12.1. The number of halogens is 1. The molecule has 0 saturated heterocycles. The maximum absolute atomic E-state index is 6.17. The lowest BCUT2D eigenvalue weighted by molar-refractivity contribution is 0.487. The van der Waals surface area contributed by atoms with Gasteiger partial charge in [0.25, 0.3) is 0 Å². The Balaban J connectivity index is 2.68. The Morgan fingerprint density at radius 1 is 1.59 bits per heavy atom. The van der Waals surface area contributed by atoms with Crippen LogP contribution in [-0.2, 0) is 0 Å². The Labute approximate surface area is 109 Å². The first-order valence-corrected chi connectivity index (χ1v) is 6.43. The van der Waals surface area contributed by atoms with Crippen molar-refractivity contribution in [3.8, 4) is 12.3 Å². The van der Waals surface area contributed by atoms with E-state index in [1.165, 1.54) is 0 Å². The van der Waals surface area contributed by atoms with Crippen molar-refractivity contribution in [2.24, 2.45) is 0 Å². The van der Waals surface area contributed by atoms with Crippen LogP contribution in [0.5, 0.6) is 0 Å². The molecule has 1 rings (SSSR count). The molecule has 1 aromatic rings. The van der Waals surface area contributed by atoms with Gasteiger partial charge in [0.05, 0.1) is 5.02 Å². The predicted octanol–water partition coefficient (Wildman–Crippen LogP) is 3.58. The summed E-state index contributed by atoms with van der Waals surface area (Å²) >= 11 is 6.17. The molecule has 1 aromatic heterocycles. The lowest BCUT2D eigenvalue weighted by Crippen LogP contribution is -2.22. The summed E-state index contributed by atoms with van der Waals surface area (Å²) in [4.78, 5) is 4.01. The van der Waals surface area contributed by atoms with Gasteiger partial charge in [-0.2, -0.15) is 0 Å². The summed E-state index contributed by atoms with van der Waals surface area (Å²) in [6.45, 7) is 3.14. The Morgan fingerprint density at radius 3 is 3.06 bits per heavy atom. The number of rotatable bonds is 7. The highest BCUT2D eigenvalue weighted by molar-refractivity contribution is 6.31. The molecule has 1 N–H and O–H groups in total. The highest BCUT2D eigenvalue weighted by Gasteiger charge is 2.13. The Kier molecular flexibility index (Phi) is 6.69. The van der Waals surface area contributed by atoms with Crippen LogP contribution in [0.25, 0.3) is 0 Å². The van der Waals surface area contributed by atoms with Gasteiger partial charge >= 0.3 is 0 Å². The monoisotopic (exact) mass is 250 g/mol. The standard InChI is InChI=1S/C14H19ClN2/c1-3-5-6-7-14(17-9-4-2)12-8-10-16-11-13(12)15/h1,8,10-11,14,17H,4-7,9H2,2H3. The summed E-state index contributed by atoms with van der Waals surface area (Å²) < 4.78 is 0. The van der Waals surface area contributed by atoms with Crippen molar-refractivity contribution in [3.63, 3.8) is 0 Å². The van der Waals surface area contributed by atoms with Gasteiger partial charge in [0.2, 0.25) is 0 Å². The van der Waals surface area contributed by atoms with Crippen molar-refractivity contribution in [2.45, 2.75) is 38.6 Å². The first-order valence-electron chi connectivity index (χ1n) is 6.05. The molecule has 0 aliphatic heterocycles. The van der Waals surface area contributed by atoms with E-state index in [-0.39, 0.29) is 6.04 Å². The number of terminal acetylenes is 1. The Hall–Kier alpha value is -1.04. The highest BCUT2D eigenvalue weighted by Crippen LogP contribution is 2.25. The van der Waals surface area contributed by atoms with Crippen LogP contribution >= 0.6 is 11.6 Å². The van der Waals surface area contributed by atoms with Crippen LogP contribution in [0.15, 0.2) is 18.5 Å². The summed E-state index contributed by atoms with van der Waals surface area (Å²) in [5.41, 5.74) is 1.12. The smallest absolute Gasteiger partial charge is 0.0637 e. The fraction of sp³-hybridized carbons (Fsp3) is 0.500. The molecular weight excluding hydrogens is 232 g/mol. The zero-order chi connectivity index (χ0) is 12.5. The van der Waals surface area contributed by atoms with Gasteiger partial charge in [-0.1, -0.05) is 18.5 Å². The van der Waals surface area contributed by atoms with Crippen LogP contribution in [0.3, 0.4) is 0 Å². The lowest BCUT2D eigenvalue weighted by atomic mass is 10.0. The van der Waals surface area contributed by atoms with Crippen LogP contribution in [-0.4, -0.2) is 11.5 Å². The van der Waals surface area contributed by atoms with Crippen molar-refractivity contribution >= 4 is 11.6 Å². The molecule has 2 nitrogen and oxygen atoms in total. The third-order valence-corrected chi connectivity index (χ3v) is 2.95. The van der Waals surface area contributed by atoms with Gasteiger partial charge in [-0.3, -0.25) is 4.98 Å². The molecule has 0 aliphatic rings. The minimum atomic E-state index is 0.277. The minimum Gasteiger partial charge on any atom is -0.310 e. The highest BCUT2D eigenvalue weighted by atomic mass is 35.5. The molecule has 0 fully saturated rings. The average molecular weight is 251 g/mol. The van der Waals surface area contributed by atoms with Crippen LogP contribution in [0.1, 0.15) is 44.2 Å². The number of nitrogens with zero attached hydrogens (tertiary/aromatic N) is 1. The SMILES string of the molecule is C#CCCCC(NCCC)c1ccncc1Cl. The number of unbranched alkanes of at least 4 members (excludes halogenated alkanes) is 1. The van der Waals surface area contributed by atoms with E-state index >= 15 is 0 Å². The summed E-state index contributed by atoms with van der Waals surface area (Å²) in [5.74, 6) is 2.67. The van der Waals surface area contributed by atoms with Crippen molar-refractivity contribution in [1.29, 1.82) is 0 Å². The third-order valence-electron chi connectivity index (χ3n) is 2.63. The van der Waals surface area contributed by atoms with Crippen molar-refractivity contribution in [1.82, 2.24) is 10.3 Å². The van der Waals surface area contributed by atoms with Crippen LogP contribution in [0, 0.1) is 12.3 Å². The maximum atomic E-state index is 6.17. The predicted molar refractivity (Wildman–Crippen MR) is 73.0 cm³/mol. The van der Waals surface area contributed by atoms with Crippen LogP contribution in [0.2, 0.25) is 5.02 Å². The topological polar surface area (TPSA) is 24.9 Å². The average Bonchev–Trinajstić information content (AvgIpc) is 2.35. The van der Waals surface area contributed by atoms with Gasteiger partial charge in [-0.25, -0.2) is 0 Å². The van der Waals surface area contributed by atoms with Gasteiger partial charge in [0, 0.05) is 24.9 Å². The van der Waals surface area contributed by atoms with E-state index in [2.05, 4.69) is 23.1 Å². The fourth-order valence-corrected chi connectivity index (χ4v) is 2.01. The quantitative estimate of drug-likeness (QED) is 0.591. The molecular formula is C14H19ClN2. The molecule has 1 heterocycles. The zero-order valence-electron chi connectivity index (χ0n) is 10.2. The first kappa shape index (κ1) is 14.0. The van der Waals surface area contributed by atoms with Crippen molar-refractivity contribution in [2.75, 3.05) is 6.54 Å². The second kappa shape index (κ2) is 8.11. The summed E-state index contributed by atoms with van der Waals surface area (Å²) in [6, 6.07) is 2.25. The number of nitrogens with one attached hydrogen (secondary N) is 1. The molecule has 0 bridgehead atoms. The van der Waals surface area contributed by atoms with Gasteiger partial charge in [-0.15, -0.1) is 12.3 Å². The third kappa shape index (κ3) is 4.77. The van der Waals surface area contributed by atoms with Crippen molar-refractivity contribution < 1.29 is 0 Å². The lowest BCUT2D eigenvalue weighted by Gasteiger charge is -2.19. The van der Waals surface area contributed by atoms with Gasteiger partial charge in [0.1, 0.15) is 0 Å².